The van der Waals surface area contributed by atoms with Gasteiger partial charge in [-0.15, -0.1) is 18.2 Å². The number of furan rings is 1. The molecule has 1 saturated carbocycles. The topological polar surface area (TPSA) is 43.9 Å². The van der Waals surface area contributed by atoms with Crippen molar-refractivity contribution in [3.05, 3.63) is 144 Å². The Morgan fingerprint density at radius 1 is 0.737 bits per heavy atom. The second-order valence-electron chi connectivity index (χ2n) is 17.1. The van der Waals surface area contributed by atoms with Gasteiger partial charge in [0.2, 0.25) is 0 Å². The summed E-state index contributed by atoms with van der Waals surface area (Å²) in [6.07, 6.45) is 9.08. The van der Waals surface area contributed by atoms with E-state index in [-0.39, 0.29) is 20.1 Å². The van der Waals surface area contributed by atoms with Crippen LogP contribution in [0.1, 0.15) is 94.2 Å². The monoisotopic (exact) mass is 990 g/mol. The summed E-state index contributed by atoms with van der Waals surface area (Å²) < 4.78 is 10.3. The van der Waals surface area contributed by atoms with Gasteiger partial charge < -0.3 is 8.98 Å². The molecule has 8 aromatic rings. The molecule has 3 heterocycles. The molecule has 57 heavy (non-hydrogen) atoms. The summed E-state index contributed by atoms with van der Waals surface area (Å²) in [5.74, 6) is 9.80. The fourth-order valence-corrected chi connectivity index (χ4v) is 11.9. The van der Waals surface area contributed by atoms with Crippen LogP contribution in [0, 0.1) is 12.1 Å². The Kier molecular flexibility index (Phi) is 12.4. The molecule has 6 heteroatoms. The van der Waals surface area contributed by atoms with Crippen molar-refractivity contribution in [1.82, 2.24) is 14.5 Å². The van der Waals surface area contributed by atoms with Gasteiger partial charge in [-0.25, -0.2) is 0 Å². The van der Waals surface area contributed by atoms with Gasteiger partial charge in [-0.3, -0.25) is 4.98 Å². The maximum Gasteiger partial charge on any atom is 0 e. The van der Waals surface area contributed by atoms with Crippen molar-refractivity contribution in [3.8, 4) is 28.3 Å². The number of aromatic nitrogens is 3. The molecule has 0 atom stereocenters. The molecule has 0 spiro atoms. The number of pyridine rings is 1. The van der Waals surface area contributed by atoms with Crippen LogP contribution in [-0.4, -0.2) is 27.8 Å². The standard InChI is InChI=1S/C31H27N2O.C20H26GeN.Ir/c1-19(2)21-12-9-13-22(20(3)4)29(21)33-27-17-7-6-16-26(27)32-31(33)25-15-10-14-24-23-11-5-8-18-28(23)34-30(24)25;1-21(2,3)19-15-22-20(17-12-8-5-9-13-17)14-18(19)16-10-6-4-7-11-16;/h5-14,16-20H,1-4H3;5,8-9,12,14-16H,4,6-7,10-11H2,1-3H3;/q2*-1;. The maximum absolute atomic E-state index is 6.40. The molecule has 4 nitrogen and oxygen atoms in total. The van der Waals surface area contributed by atoms with E-state index in [4.69, 9.17) is 14.4 Å². The normalized spacial score (nSPS) is 13.6. The third kappa shape index (κ3) is 8.22. The second-order valence-corrected chi connectivity index (χ2v) is 27.6. The summed E-state index contributed by atoms with van der Waals surface area (Å²) in [7, 11) is 0. The van der Waals surface area contributed by atoms with Gasteiger partial charge in [-0.1, -0.05) is 87.2 Å². The number of nitrogens with zero attached hydrogens (tertiary/aromatic N) is 3. The zero-order chi connectivity index (χ0) is 39.0. The average molecular weight is 989 g/mol. The van der Waals surface area contributed by atoms with Crippen LogP contribution < -0.4 is 4.40 Å². The van der Waals surface area contributed by atoms with Gasteiger partial charge in [-0.05, 0) is 41.2 Å². The number of imidazole rings is 1. The number of benzene rings is 5. The molecule has 0 bridgehead atoms. The van der Waals surface area contributed by atoms with Crippen molar-refractivity contribution in [2.24, 2.45) is 0 Å². The summed E-state index contributed by atoms with van der Waals surface area (Å²) in [5, 5.41) is 2.20. The third-order valence-electron chi connectivity index (χ3n) is 11.5. The first-order valence-corrected chi connectivity index (χ1v) is 27.8. The van der Waals surface area contributed by atoms with E-state index in [1.165, 1.54) is 48.9 Å². The Morgan fingerprint density at radius 2 is 1.44 bits per heavy atom. The third-order valence-corrected chi connectivity index (χ3v) is 15.7. The van der Waals surface area contributed by atoms with Crippen LogP contribution in [0.2, 0.25) is 17.3 Å². The largest absolute Gasteiger partial charge is 0 e. The van der Waals surface area contributed by atoms with Crippen LogP contribution >= 0.6 is 0 Å². The van der Waals surface area contributed by atoms with Crippen LogP contribution in [0.25, 0.3) is 61.3 Å². The van der Waals surface area contributed by atoms with Gasteiger partial charge in [-0.2, -0.15) is 0 Å². The summed E-state index contributed by atoms with van der Waals surface area (Å²) >= 11 is -1.89. The molecular formula is C51H53GeIrN3O-2. The van der Waals surface area contributed by atoms with Gasteiger partial charge in [0, 0.05) is 31.2 Å². The molecule has 1 radical (unpaired) electrons. The molecule has 293 valence electrons. The molecule has 0 N–H and O–H groups in total. The quantitative estimate of drug-likeness (QED) is 0.118. The van der Waals surface area contributed by atoms with E-state index in [0.717, 1.165) is 61.5 Å². The summed E-state index contributed by atoms with van der Waals surface area (Å²) in [4.78, 5) is 9.94. The smallest absolute Gasteiger partial charge is 0 e. The summed E-state index contributed by atoms with van der Waals surface area (Å²) in [6.45, 7) is 9.03. The summed E-state index contributed by atoms with van der Waals surface area (Å²) in [5.41, 5.74) is 12.3. The Labute approximate surface area is 354 Å². The number of para-hydroxylation sites is 4. The second kappa shape index (κ2) is 17.3. The van der Waals surface area contributed by atoms with Gasteiger partial charge in [0.1, 0.15) is 5.58 Å². The van der Waals surface area contributed by atoms with Crippen LogP contribution in [0.15, 0.2) is 120 Å². The molecular weight excluding hydrogens is 935 g/mol. The number of hydrogen-bond donors (Lipinski definition) is 0. The van der Waals surface area contributed by atoms with Crippen LogP contribution in [0.4, 0.5) is 0 Å². The van der Waals surface area contributed by atoms with Crippen LogP contribution in [0.3, 0.4) is 0 Å². The molecule has 5 aromatic carbocycles. The van der Waals surface area contributed by atoms with E-state index >= 15 is 0 Å². The van der Waals surface area contributed by atoms with E-state index in [2.05, 4.69) is 141 Å². The molecule has 1 aliphatic carbocycles. The van der Waals surface area contributed by atoms with E-state index in [1.807, 2.05) is 36.4 Å². The first-order valence-electron chi connectivity index (χ1n) is 20.5. The van der Waals surface area contributed by atoms with Crippen LogP contribution in [-0.2, 0) is 20.1 Å². The van der Waals surface area contributed by atoms with E-state index in [1.54, 1.807) is 9.96 Å². The Morgan fingerprint density at radius 3 is 2.14 bits per heavy atom. The fraction of sp³-hybridized carbons (Fsp3) is 0.294. The molecule has 0 amide bonds. The van der Waals surface area contributed by atoms with E-state index in [9.17, 15) is 0 Å². The van der Waals surface area contributed by atoms with E-state index in [0.29, 0.717) is 11.8 Å². The van der Waals surface area contributed by atoms with Gasteiger partial charge >= 0.3 is 137 Å². The van der Waals surface area contributed by atoms with Crippen molar-refractivity contribution in [3.63, 3.8) is 0 Å². The van der Waals surface area contributed by atoms with Gasteiger partial charge in [0.15, 0.2) is 0 Å². The molecule has 0 saturated heterocycles. The molecule has 9 rings (SSSR count). The average Bonchev–Trinajstić information content (AvgIpc) is 3.80. The number of rotatable bonds is 7. The SMILES string of the molecule is CC(C)c1cccc(C(C)C)c1-n1c(-c2[c-]ccc3c2oc2ccccc23)nc2ccccc21.[CH3][Ge]([CH3])([CH3])[c]1cnc(-c2[c-]cccc2)cc1C1CCCCC1.[Ir]. The molecule has 0 aliphatic heterocycles. The van der Waals surface area contributed by atoms with Crippen molar-refractivity contribution < 1.29 is 24.5 Å². The Hall–Kier alpha value is -4.29. The zero-order valence-electron chi connectivity index (χ0n) is 34.3. The Balaban J connectivity index is 0.000000188. The molecule has 1 fully saturated rings. The predicted octanol–water partition coefficient (Wildman–Crippen LogP) is 13.8. The van der Waals surface area contributed by atoms with Crippen molar-refractivity contribution in [2.75, 3.05) is 0 Å². The van der Waals surface area contributed by atoms with E-state index < -0.39 is 13.3 Å². The molecule has 1 aliphatic rings. The predicted molar refractivity (Wildman–Crippen MR) is 238 cm³/mol. The van der Waals surface area contributed by atoms with Crippen molar-refractivity contribution in [2.45, 2.75) is 94.8 Å². The first-order chi connectivity index (χ1) is 27.1. The minimum Gasteiger partial charge on any atom is 0 e. The zero-order valence-corrected chi connectivity index (χ0v) is 38.8. The molecule has 3 aromatic heterocycles. The maximum atomic E-state index is 6.40. The van der Waals surface area contributed by atoms with Crippen LogP contribution in [0.5, 0.6) is 0 Å². The molecule has 0 unspecified atom stereocenters. The van der Waals surface area contributed by atoms with Gasteiger partial charge in [0.25, 0.3) is 0 Å². The first kappa shape index (κ1) is 40.9. The minimum absolute atomic E-state index is 0. The van der Waals surface area contributed by atoms with Crippen molar-refractivity contribution in [1.29, 1.82) is 0 Å². The number of fused-ring (bicyclic) bond motifs is 4. The summed E-state index contributed by atoms with van der Waals surface area (Å²) in [6, 6.07) is 44.7. The number of hydrogen-bond acceptors (Lipinski definition) is 3. The minimum atomic E-state index is -1.89. The van der Waals surface area contributed by atoms with Gasteiger partial charge in [0.05, 0.1) is 22.4 Å². The Bertz CT molecular complexity index is 2600. The fourth-order valence-electron chi connectivity index (χ4n) is 8.60. The van der Waals surface area contributed by atoms with Crippen molar-refractivity contribution >= 4 is 50.6 Å².